The van der Waals surface area contributed by atoms with E-state index in [0.29, 0.717) is 6.54 Å². The molecule has 33 heavy (non-hydrogen) atoms. The molecule has 9 nitrogen and oxygen atoms in total. The molecular formula is C24H33N7O2. The number of nitrogens with one attached hydrogen (secondary N) is 2. The van der Waals surface area contributed by atoms with Crippen molar-refractivity contribution in [1.29, 1.82) is 0 Å². The van der Waals surface area contributed by atoms with Gasteiger partial charge in [0.15, 0.2) is 0 Å². The molecule has 2 unspecified atom stereocenters. The molecule has 2 atom stereocenters. The maximum atomic E-state index is 13.5. The molecule has 1 saturated heterocycles. The van der Waals surface area contributed by atoms with E-state index in [1.807, 2.05) is 24.9 Å². The number of nitrogens with two attached hydrogens (primary N) is 1. The third kappa shape index (κ3) is 4.86. The van der Waals surface area contributed by atoms with Gasteiger partial charge in [-0.05, 0) is 40.5 Å². The Morgan fingerprint density at radius 3 is 2.61 bits per heavy atom. The van der Waals surface area contributed by atoms with Crippen LogP contribution in [0.2, 0.25) is 0 Å². The number of hydrogen-bond donors (Lipinski definition) is 3. The van der Waals surface area contributed by atoms with Crippen molar-refractivity contribution in [1.82, 2.24) is 25.0 Å². The monoisotopic (exact) mass is 451 g/mol. The summed E-state index contributed by atoms with van der Waals surface area (Å²) in [5, 5.41) is 6.85. The average molecular weight is 452 g/mol. The van der Waals surface area contributed by atoms with Crippen LogP contribution >= 0.6 is 0 Å². The van der Waals surface area contributed by atoms with Crippen molar-refractivity contribution in [2.75, 3.05) is 17.6 Å². The van der Waals surface area contributed by atoms with E-state index < -0.39 is 6.04 Å². The van der Waals surface area contributed by atoms with E-state index in [2.05, 4.69) is 70.5 Å². The third-order valence-electron chi connectivity index (χ3n) is 6.17. The summed E-state index contributed by atoms with van der Waals surface area (Å²) in [5.41, 5.74) is 8.94. The summed E-state index contributed by atoms with van der Waals surface area (Å²) in [5.74, 6) is 1.03. The van der Waals surface area contributed by atoms with Crippen molar-refractivity contribution in [3.63, 3.8) is 0 Å². The summed E-state index contributed by atoms with van der Waals surface area (Å²) in [6.45, 7) is 11.3. The number of nitrogens with zero attached hydrogens (tertiary/aromatic N) is 4. The zero-order chi connectivity index (χ0) is 23.8. The summed E-state index contributed by atoms with van der Waals surface area (Å²) in [7, 11) is 0. The second-order valence-electron chi connectivity index (χ2n) is 10.0. The highest BCUT2D eigenvalue weighted by Crippen LogP contribution is 2.33. The quantitative estimate of drug-likeness (QED) is 0.514. The highest BCUT2D eigenvalue weighted by atomic mass is 16.5. The Morgan fingerprint density at radius 2 is 2.00 bits per heavy atom. The van der Waals surface area contributed by atoms with Gasteiger partial charge in [-0.25, -0.2) is 4.98 Å². The van der Waals surface area contributed by atoms with E-state index in [-0.39, 0.29) is 35.2 Å². The normalized spacial score (nSPS) is 17.5. The van der Waals surface area contributed by atoms with Crippen LogP contribution in [0.4, 0.5) is 12.0 Å². The Morgan fingerprint density at radius 1 is 1.27 bits per heavy atom. The lowest BCUT2D eigenvalue weighted by Crippen LogP contribution is -2.45. The van der Waals surface area contributed by atoms with Crippen LogP contribution in [0, 0.1) is 5.92 Å². The molecule has 3 heterocycles. The van der Waals surface area contributed by atoms with Gasteiger partial charge >= 0.3 is 6.01 Å². The molecule has 4 rings (SSSR count). The van der Waals surface area contributed by atoms with E-state index in [1.165, 1.54) is 5.56 Å². The second kappa shape index (κ2) is 8.88. The van der Waals surface area contributed by atoms with Crippen LogP contribution in [0.15, 0.2) is 35.0 Å². The first-order chi connectivity index (χ1) is 15.6. The fourth-order valence-electron chi connectivity index (χ4n) is 4.24. The number of benzene rings is 1. The molecule has 1 fully saturated rings. The van der Waals surface area contributed by atoms with Gasteiger partial charge in [0.1, 0.15) is 11.9 Å². The highest BCUT2D eigenvalue weighted by molar-refractivity contribution is 5.85. The summed E-state index contributed by atoms with van der Waals surface area (Å²) in [4.78, 5) is 27.5. The van der Waals surface area contributed by atoms with Gasteiger partial charge in [-0.15, -0.1) is 0 Å². The molecule has 4 N–H and O–H groups in total. The minimum absolute atomic E-state index is 0.0108. The predicted octanol–water partition coefficient (Wildman–Crippen LogP) is 4.14. The zero-order valence-corrected chi connectivity index (χ0v) is 19.9. The molecule has 0 saturated carbocycles. The largest absolute Gasteiger partial charge is 0.351 e. The fraction of sp³-hybridized carbons (Fsp3) is 0.500. The van der Waals surface area contributed by atoms with Gasteiger partial charge in [-0.2, -0.15) is 4.98 Å². The topological polar surface area (TPSA) is 126 Å². The maximum Gasteiger partial charge on any atom is 0.320 e. The Kier molecular flexibility index (Phi) is 6.14. The van der Waals surface area contributed by atoms with Gasteiger partial charge in [0.25, 0.3) is 5.95 Å². The van der Waals surface area contributed by atoms with Crippen molar-refractivity contribution >= 4 is 17.9 Å². The average Bonchev–Trinajstić information content (AvgIpc) is 3.51. The number of aromatic amines is 1. The molecule has 1 amide bonds. The molecule has 9 heteroatoms. The Bertz CT molecular complexity index is 1090. The van der Waals surface area contributed by atoms with Crippen LogP contribution in [-0.2, 0) is 10.2 Å². The number of carbonyl (C=O) groups excluding carboxylic acids is 1. The number of nitrogen functional groups attached to an aromatic ring is 1. The van der Waals surface area contributed by atoms with Crippen molar-refractivity contribution in [3.05, 3.63) is 41.9 Å². The van der Waals surface area contributed by atoms with Crippen LogP contribution in [0.3, 0.4) is 0 Å². The summed E-state index contributed by atoms with van der Waals surface area (Å²) < 4.78 is 4.83. The molecular weight excluding hydrogens is 418 g/mol. The van der Waals surface area contributed by atoms with Gasteiger partial charge in [0.05, 0.1) is 17.9 Å². The number of H-pyrrole nitrogens is 1. The Labute approximate surface area is 194 Å². The first-order valence-corrected chi connectivity index (χ1v) is 11.5. The van der Waals surface area contributed by atoms with Crippen molar-refractivity contribution in [2.45, 2.75) is 65.0 Å². The number of imidazole rings is 1. The zero-order valence-electron chi connectivity index (χ0n) is 19.9. The minimum Gasteiger partial charge on any atom is -0.351 e. The van der Waals surface area contributed by atoms with Crippen LogP contribution in [0.5, 0.6) is 0 Å². The van der Waals surface area contributed by atoms with Gasteiger partial charge in [-0.1, -0.05) is 58.9 Å². The summed E-state index contributed by atoms with van der Waals surface area (Å²) in [6.07, 6.45) is 3.64. The standard InChI is InChI=1S/C24H33N7O2/c1-14(2)19(28-23-29-22(25)33-30-23)21(32)31-12-6-7-18(31)20-26-13-17(27-20)15-8-10-16(11-9-15)24(3,4)5/h8-11,13-14,18-19H,6-7,12H2,1-5H3,(H,26,27)(H3,25,28,29,30). The highest BCUT2D eigenvalue weighted by Gasteiger charge is 2.37. The number of anilines is 2. The number of aromatic nitrogens is 4. The van der Waals surface area contributed by atoms with Gasteiger partial charge < -0.3 is 25.5 Å². The first kappa shape index (κ1) is 22.8. The Hall–Kier alpha value is -3.36. The van der Waals surface area contributed by atoms with E-state index in [1.54, 1.807) is 0 Å². The second-order valence-corrected chi connectivity index (χ2v) is 10.0. The molecule has 1 aliphatic heterocycles. The van der Waals surface area contributed by atoms with Crippen LogP contribution in [-0.4, -0.2) is 43.5 Å². The van der Waals surface area contributed by atoms with Gasteiger partial charge in [0.2, 0.25) is 5.91 Å². The summed E-state index contributed by atoms with van der Waals surface area (Å²) >= 11 is 0. The lowest BCUT2D eigenvalue weighted by molar-refractivity contribution is -0.134. The van der Waals surface area contributed by atoms with E-state index in [9.17, 15) is 4.79 Å². The van der Waals surface area contributed by atoms with Crippen LogP contribution in [0.25, 0.3) is 11.3 Å². The predicted molar refractivity (Wildman–Crippen MR) is 127 cm³/mol. The lowest BCUT2D eigenvalue weighted by Gasteiger charge is -2.30. The SMILES string of the molecule is CC(C)C(Nc1noc(N)n1)C(=O)N1CCCC1c1ncc(-c2ccc(C(C)(C)C)cc2)[nH]1. The lowest BCUT2D eigenvalue weighted by atomic mass is 9.86. The minimum atomic E-state index is -0.498. The number of hydrogen-bond acceptors (Lipinski definition) is 7. The molecule has 0 bridgehead atoms. The molecule has 0 aliphatic carbocycles. The molecule has 0 radical (unpaired) electrons. The van der Waals surface area contributed by atoms with Gasteiger partial charge in [-0.3, -0.25) is 4.79 Å². The maximum absolute atomic E-state index is 13.5. The van der Waals surface area contributed by atoms with Crippen molar-refractivity contribution in [3.8, 4) is 11.3 Å². The fourth-order valence-corrected chi connectivity index (χ4v) is 4.24. The number of rotatable bonds is 6. The van der Waals surface area contributed by atoms with E-state index in [0.717, 1.165) is 29.9 Å². The molecule has 1 aliphatic rings. The van der Waals surface area contributed by atoms with Crippen LogP contribution in [0.1, 0.15) is 64.9 Å². The molecule has 1 aromatic carbocycles. The van der Waals surface area contributed by atoms with E-state index in [4.69, 9.17) is 10.3 Å². The third-order valence-corrected chi connectivity index (χ3v) is 6.17. The number of likely N-dealkylation sites (tertiary alicyclic amines) is 1. The van der Waals surface area contributed by atoms with Gasteiger partial charge in [0, 0.05) is 6.54 Å². The smallest absolute Gasteiger partial charge is 0.320 e. The first-order valence-electron chi connectivity index (χ1n) is 11.5. The molecule has 3 aromatic rings. The number of amides is 1. The van der Waals surface area contributed by atoms with Crippen molar-refractivity contribution in [2.24, 2.45) is 5.92 Å². The van der Waals surface area contributed by atoms with Crippen molar-refractivity contribution < 1.29 is 9.32 Å². The number of carbonyl (C=O) groups is 1. The molecule has 2 aromatic heterocycles. The van der Waals surface area contributed by atoms with Crippen LogP contribution < -0.4 is 11.1 Å². The summed E-state index contributed by atoms with van der Waals surface area (Å²) in [6, 6.07) is 7.91. The molecule has 176 valence electrons. The Balaban J connectivity index is 1.52. The van der Waals surface area contributed by atoms with E-state index >= 15 is 0 Å². The molecule has 0 spiro atoms.